The lowest BCUT2D eigenvalue weighted by Crippen LogP contribution is -2.26. The predicted octanol–water partition coefficient (Wildman–Crippen LogP) is 3.02. The van der Waals surface area contributed by atoms with Gasteiger partial charge in [-0.1, -0.05) is 6.92 Å². The number of hydrogen-bond acceptors (Lipinski definition) is 2. The van der Waals surface area contributed by atoms with Crippen LogP contribution in [0.5, 0.6) is 0 Å². The number of nitrogens with zero attached hydrogens (tertiary/aromatic N) is 1. The summed E-state index contributed by atoms with van der Waals surface area (Å²) in [5, 5.41) is 3.38. The summed E-state index contributed by atoms with van der Waals surface area (Å²) < 4.78 is 14.2. The highest BCUT2D eigenvalue weighted by molar-refractivity contribution is 9.10. The Balaban J connectivity index is 2.02. The molecule has 1 heterocycles. The quantitative estimate of drug-likeness (QED) is 0.919. The molecule has 17 heavy (non-hydrogen) atoms. The molecule has 0 aromatic heterocycles. The molecule has 1 aliphatic rings. The Kier molecular flexibility index (Phi) is 4.40. The second-order valence-corrected chi connectivity index (χ2v) is 5.36. The summed E-state index contributed by atoms with van der Waals surface area (Å²) in [6.45, 7) is 6.21. The van der Waals surface area contributed by atoms with Crippen LogP contribution >= 0.6 is 15.9 Å². The molecule has 94 valence electrons. The van der Waals surface area contributed by atoms with Crippen LogP contribution in [-0.4, -0.2) is 26.2 Å². The van der Waals surface area contributed by atoms with Gasteiger partial charge in [0.2, 0.25) is 0 Å². The zero-order valence-electron chi connectivity index (χ0n) is 10.0. The van der Waals surface area contributed by atoms with Crippen LogP contribution in [0.2, 0.25) is 0 Å². The van der Waals surface area contributed by atoms with Crippen molar-refractivity contribution in [2.75, 3.05) is 31.1 Å². The van der Waals surface area contributed by atoms with Crippen molar-refractivity contribution < 1.29 is 4.39 Å². The van der Waals surface area contributed by atoms with Crippen LogP contribution in [0.3, 0.4) is 0 Å². The number of hydrogen-bond donors (Lipinski definition) is 1. The zero-order chi connectivity index (χ0) is 12.3. The second kappa shape index (κ2) is 5.83. The summed E-state index contributed by atoms with van der Waals surface area (Å²) in [6, 6.07) is 4.88. The average molecular weight is 301 g/mol. The van der Waals surface area contributed by atoms with Gasteiger partial charge in [-0.2, -0.15) is 0 Å². The van der Waals surface area contributed by atoms with E-state index in [2.05, 4.69) is 33.1 Å². The van der Waals surface area contributed by atoms with E-state index in [0.717, 1.165) is 36.3 Å². The number of halogens is 2. The predicted molar refractivity (Wildman–Crippen MR) is 73.0 cm³/mol. The lowest BCUT2D eigenvalue weighted by Gasteiger charge is -2.20. The molecular formula is C13H18BrFN2. The fraction of sp³-hybridized carbons (Fsp3) is 0.538. The molecule has 0 aliphatic carbocycles. The summed E-state index contributed by atoms with van der Waals surface area (Å²) in [5.74, 6) is 0.503. The van der Waals surface area contributed by atoms with Crippen LogP contribution < -0.4 is 10.2 Å². The van der Waals surface area contributed by atoms with Crippen LogP contribution in [0, 0.1) is 11.7 Å². The van der Waals surface area contributed by atoms with E-state index in [1.54, 1.807) is 12.1 Å². The number of nitrogens with one attached hydrogen (secondary N) is 1. The molecule has 1 aliphatic heterocycles. The summed E-state index contributed by atoms with van der Waals surface area (Å²) in [6.07, 6.45) is 1.18. The number of benzene rings is 1. The molecule has 1 unspecified atom stereocenters. The van der Waals surface area contributed by atoms with Gasteiger partial charge in [0.1, 0.15) is 5.82 Å². The van der Waals surface area contributed by atoms with Crippen LogP contribution in [-0.2, 0) is 0 Å². The minimum atomic E-state index is -0.168. The minimum absolute atomic E-state index is 0.168. The van der Waals surface area contributed by atoms with Crippen LogP contribution in [0.25, 0.3) is 0 Å². The van der Waals surface area contributed by atoms with Crippen molar-refractivity contribution in [2.45, 2.75) is 13.3 Å². The molecule has 2 rings (SSSR count). The maximum Gasteiger partial charge on any atom is 0.125 e. The van der Waals surface area contributed by atoms with Crippen LogP contribution in [0.4, 0.5) is 10.1 Å². The van der Waals surface area contributed by atoms with Gasteiger partial charge in [-0.25, -0.2) is 4.39 Å². The third-order valence-electron chi connectivity index (χ3n) is 3.22. The van der Waals surface area contributed by atoms with Crippen molar-refractivity contribution in [1.82, 2.24) is 5.32 Å². The van der Waals surface area contributed by atoms with Gasteiger partial charge in [0.25, 0.3) is 0 Å². The van der Waals surface area contributed by atoms with E-state index in [4.69, 9.17) is 0 Å². The Labute approximate surface area is 110 Å². The van der Waals surface area contributed by atoms with E-state index in [-0.39, 0.29) is 5.82 Å². The largest absolute Gasteiger partial charge is 0.370 e. The minimum Gasteiger partial charge on any atom is -0.370 e. The lowest BCUT2D eigenvalue weighted by atomic mass is 10.1. The molecule has 0 spiro atoms. The van der Waals surface area contributed by atoms with Crippen molar-refractivity contribution in [3.63, 3.8) is 0 Å². The van der Waals surface area contributed by atoms with E-state index in [0.29, 0.717) is 5.92 Å². The molecule has 0 radical (unpaired) electrons. The lowest BCUT2D eigenvalue weighted by molar-refractivity contribution is 0.527. The van der Waals surface area contributed by atoms with Crippen molar-refractivity contribution >= 4 is 21.6 Å². The zero-order valence-corrected chi connectivity index (χ0v) is 11.6. The molecule has 0 bridgehead atoms. The fourth-order valence-electron chi connectivity index (χ4n) is 2.29. The molecule has 4 heteroatoms. The van der Waals surface area contributed by atoms with Crippen LogP contribution in [0.15, 0.2) is 22.7 Å². The first-order valence-electron chi connectivity index (χ1n) is 6.11. The summed E-state index contributed by atoms with van der Waals surface area (Å²) >= 11 is 3.49. The second-order valence-electron chi connectivity index (χ2n) is 4.50. The number of rotatable bonds is 4. The topological polar surface area (TPSA) is 15.3 Å². The highest BCUT2D eigenvalue weighted by atomic mass is 79.9. The fourth-order valence-corrected chi connectivity index (χ4v) is 2.79. The van der Waals surface area contributed by atoms with Crippen molar-refractivity contribution in [3.05, 3.63) is 28.5 Å². The van der Waals surface area contributed by atoms with Gasteiger partial charge >= 0.3 is 0 Å². The number of anilines is 1. The molecule has 1 aromatic rings. The summed E-state index contributed by atoms with van der Waals surface area (Å²) in [5.41, 5.74) is 0.976. The van der Waals surface area contributed by atoms with Crippen LogP contribution in [0.1, 0.15) is 13.3 Å². The van der Waals surface area contributed by atoms with E-state index in [9.17, 15) is 4.39 Å². The summed E-state index contributed by atoms with van der Waals surface area (Å²) in [4.78, 5) is 2.26. The van der Waals surface area contributed by atoms with Gasteiger partial charge in [-0.05, 0) is 59.6 Å². The molecule has 1 fully saturated rings. The molecule has 0 amide bonds. The SMILES string of the molecule is CCNCC1CCN(c2cc(F)ccc2Br)C1. The van der Waals surface area contributed by atoms with E-state index in [1.165, 1.54) is 12.5 Å². The van der Waals surface area contributed by atoms with Gasteiger partial charge in [0.15, 0.2) is 0 Å². The molecule has 0 saturated carbocycles. The van der Waals surface area contributed by atoms with E-state index in [1.807, 2.05) is 0 Å². The molecule has 1 N–H and O–H groups in total. The molecule has 1 atom stereocenters. The first-order valence-corrected chi connectivity index (χ1v) is 6.90. The van der Waals surface area contributed by atoms with E-state index < -0.39 is 0 Å². The van der Waals surface area contributed by atoms with E-state index >= 15 is 0 Å². The van der Waals surface area contributed by atoms with Crippen molar-refractivity contribution in [1.29, 1.82) is 0 Å². The Morgan fingerprint density at radius 3 is 3.12 bits per heavy atom. The normalized spacial score (nSPS) is 19.9. The Hall–Kier alpha value is -0.610. The highest BCUT2D eigenvalue weighted by Gasteiger charge is 2.23. The van der Waals surface area contributed by atoms with Gasteiger partial charge in [0, 0.05) is 17.6 Å². The standard InChI is InChI=1S/C13H18BrFN2/c1-2-16-8-10-5-6-17(9-10)13-7-11(15)3-4-12(13)14/h3-4,7,10,16H,2,5-6,8-9H2,1H3. The van der Waals surface area contributed by atoms with Crippen molar-refractivity contribution in [3.8, 4) is 0 Å². The maximum absolute atomic E-state index is 13.2. The first kappa shape index (κ1) is 12.8. The van der Waals surface area contributed by atoms with Gasteiger partial charge in [0.05, 0.1) is 5.69 Å². The Bertz CT molecular complexity index is 384. The third-order valence-corrected chi connectivity index (χ3v) is 3.89. The van der Waals surface area contributed by atoms with Gasteiger partial charge in [-0.15, -0.1) is 0 Å². The summed E-state index contributed by atoms with van der Waals surface area (Å²) in [7, 11) is 0. The first-order chi connectivity index (χ1) is 8.20. The molecule has 1 saturated heterocycles. The molecule has 2 nitrogen and oxygen atoms in total. The van der Waals surface area contributed by atoms with Gasteiger partial charge < -0.3 is 10.2 Å². The Morgan fingerprint density at radius 1 is 1.53 bits per heavy atom. The average Bonchev–Trinajstić information content (AvgIpc) is 2.78. The van der Waals surface area contributed by atoms with Gasteiger partial charge in [-0.3, -0.25) is 0 Å². The monoisotopic (exact) mass is 300 g/mol. The molecular weight excluding hydrogens is 283 g/mol. The molecule has 1 aromatic carbocycles. The highest BCUT2D eigenvalue weighted by Crippen LogP contribution is 2.31. The smallest absolute Gasteiger partial charge is 0.125 e. The third kappa shape index (κ3) is 3.19. The van der Waals surface area contributed by atoms with Crippen molar-refractivity contribution in [2.24, 2.45) is 5.92 Å². The maximum atomic E-state index is 13.2. The Morgan fingerprint density at radius 2 is 2.35 bits per heavy atom.